The fourth-order valence-electron chi connectivity index (χ4n) is 3.78. The van der Waals surface area contributed by atoms with Crippen LogP contribution < -0.4 is 5.32 Å². The van der Waals surface area contributed by atoms with Crippen LogP contribution in [0.15, 0.2) is 0 Å². The van der Waals surface area contributed by atoms with Gasteiger partial charge in [-0.05, 0) is 25.2 Å². The highest BCUT2D eigenvalue weighted by atomic mass is 16.5. The van der Waals surface area contributed by atoms with Crippen molar-refractivity contribution in [3.63, 3.8) is 0 Å². The number of amides is 1. The highest BCUT2D eigenvalue weighted by Crippen LogP contribution is 2.20. The van der Waals surface area contributed by atoms with E-state index in [9.17, 15) is 4.79 Å². The predicted octanol–water partition coefficient (Wildman–Crippen LogP) is 7.43. The number of rotatable bonds is 22. The number of nitrogens with one attached hydrogen (secondary N) is 1. The molecule has 1 unspecified atom stereocenters. The Morgan fingerprint density at radius 2 is 1.18 bits per heavy atom. The molecule has 168 valence electrons. The van der Waals surface area contributed by atoms with E-state index in [-0.39, 0.29) is 5.91 Å². The quantitative estimate of drug-likeness (QED) is 0.193. The SMILES string of the molecule is CCCCCCCCCCC(CCCCCCCC)COCCCNC(C)=O. The molecule has 0 rings (SSSR count). The first kappa shape index (κ1) is 27.4. The van der Waals surface area contributed by atoms with Crippen LogP contribution in [0.4, 0.5) is 0 Å². The fraction of sp³-hybridized carbons (Fsp3) is 0.960. The van der Waals surface area contributed by atoms with Gasteiger partial charge in [0.05, 0.1) is 0 Å². The topological polar surface area (TPSA) is 38.3 Å². The van der Waals surface area contributed by atoms with Crippen molar-refractivity contribution >= 4 is 5.91 Å². The van der Waals surface area contributed by atoms with E-state index in [0.717, 1.165) is 32.1 Å². The molecule has 0 aromatic heterocycles. The van der Waals surface area contributed by atoms with Crippen LogP contribution in [0.5, 0.6) is 0 Å². The molecule has 0 aromatic rings. The number of carbonyl (C=O) groups excluding carboxylic acids is 1. The van der Waals surface area contributed by atoms with Crippen molar-refractivity contribution in [3.8, 4) is 0 Å². The van der Waals surface area contributed by atoms with Crippen LogP contribution in [0.25, 0.3) is 0 Å². The molecule has 0 fully saturated rings. The second kappa shape index (κ2) is 22.7. The minimum absolute atomic E-state index is 0.0515. The molecular formula is C25H51NO2. The van der Waals surface area contributed by atoms with Crippen molar-refractivity contribution in [3.05, 3.63) is 0 Å². The maximum absolute atomic E-state index is 10.9. The molecule has 1 atom stereocenters. The normalized spacial score (nSPS) is 12.2. The van der Waals surface area contributed by atoms with Gasteiger partial charge in [-0.2, -0.15) is 0 Å². The summed E-state index contributed by atoms with van der Waals surface area (Å²) in [4.78, 5) is 10.9. The summed E-state index contributed by atoms with van der Waals surface area (Å²) >= 11 is 0. The second-order valence-corrected chi connectivity index (χ2v) is 8.60. The average Bonchev–Trinajstić information content (AvgIpc) is 2.68. The van der Waals surface area contributed by atoms with Gasteiger partial charge in [0.25, 0.3) is 0 Å². The zero-order valence-electron chi connectivity index (χ0n) is 19.5. The lowest BCUT2D eigenvalue weighted by Crippen LogP contribution is -2.22. The van der Waals surface area contributed by atoms with Crippen LogP contribution in [0.3, 0.4) is 0 Å². The van der Waals surface area contributed by atoms with Gasteiger partial charge < -0.3 is 10.1 Å². The van der Waals surface area contributed by atoms with Crippen LogP contribution in [-0.4, -0.2) is 25.7 Å². The molecule has 3 nitrogen and oxygen atoms in total. The van der Waals surface area contributed by atoms with E-state index in [0.29, 0.717) is 0 Å². The number of ether oxygens (including phenoxy) is 1. The number of carbonyl (C=O) groups is 1. The summed E-state index contributed by atoms with van der Waals surface area (Å²) in [6, 6.07) is 0. The third-order valence-electron chi connectivity index (χ3n) is 5.62. The summed E-state index contributed by atoms with van der Waals surface area (Å²) in [5, 5.41) is 2.84. The Labute approximate surface area is 176 Å². The van der Waals surface area contributed by atoms with Crippen molar-refractivity contribution in [2.45, 2.75) is 130 Å². The molecule has 0 saturated heterocycles. The zero-order chi connectivity index (χ0) is 20.7. The Hall–Kier alpha value is -0.570. The Balaban J connectivity index is 3.82. The Morgan fingerprint density at radius 3 is 1.64 bits per heavy atom. The molecule has 1 amide bonds. The van der Waals surface area contributed by atoms with Crippen LogP contribution in [0.2, 0.25) is 0 Å². The molecule has 0 spiro atoms. The highest BCUT2D eigenvalue weighted by Gasteiger charge is 2.09. The van der Waals surface area contributed by atoms with E-state index in [4.69, 9.17) is 4.74 Å². The third kappa shape index (κ3) is 21.7. The Morgan fingerprint density at radius 1 is 0.714 bits per heavy atom. The van der Waals surface area contributed by atoms with Crippen molar-refractivity contribution in [1.82, 2.24) is 5.32 Å². The van der Waals surface area contributed by atoms with Gasteiger partial charge in [-0.1, -0.05) is 104 Å². The minimum atomic E-state index is 0.0515. The molecule has 0 aliphatic rings. The molecule has 0 heterocycles. The molecule has 0 aliphatic carbocycles. The Kier molecular flexibility index (Phi) is 22.3. The minimum Gasteiger partial charge on any atom is -0.381 e. The van der Waals surface area contributed by atoms with Gasteiger partial charge in [-0.25, -0.2) is 0 Å². The third-order valence-corrected chi connectivity index (χ3v) is 5.62. The highest BCUT2D eigenvalue weighted by molar-refractivity contribution is 5.72. The second-order valence-electron chi connectivity index (χ2n) is 8.60. The van der Waals surface area contributed by atoms with E-state index in [1.165, 1.54) is 103 Å². The van der Waals surface area contributed by atoms with Gasteiger partial charge in [0, 0.05) is 26.7 Å². The van der Waals surface area contributed by atoms with E-state index >= 15 is 0 Å². The van der Waals surface area contributed by atoms with Crippen molar-refractivity contribution in [1.29, 1.82) is 0 Å². The standard InChI is InChI=1S/C25H51NO2/c1-4-6-8-10-12-13-15-17-20-25(19-16-14-11-9-7-5-2)23-28-22-18-21-26-24(3)27/h25H,4-23H2,1-3H3,(H,26,27). The molecule has 28 heavy (non-hydrogen) atoms. The first-order chi connectivity index (χ1) is 13.7. The van der Waals surface area contributed by atoms with E-state index in [1.54, 1.807) is 6.92 Å². The maximum atomic E-state index is 10.9. The fourth-order valence-corrected chi connectivity index (χ4v) is 3.78. The van der Waals surface area contributed by atoms with Gasteiger partial charge in [0.1, 0.15) is 0 Å². The molecule has 0 saturated carbocycles. The van der Waals surface area contributed by atoms with Gasteiger partial charge in [0.2, 0.25) is 5.91 Å². The Bertz CT molecular complexity index is 320. The summed E-state index contributed by atoms with van der Waals surface area (Å²) in [5.41, 5.74) is 0. The summed E-state index contributed by atoms with van der Waals surface area (Å²) < 4.78 is 5.94. The monoisotopic (exact) mass is 397 g/mol. The van der Waals surface area contributed by atoms with E-state index in [2.05, 4.69) is 19.2 Å². The van der Waals surface area contributed by atoms with Crippen LogP contribution in [0.1, 0.15) is 130 Å². The van der Waals surface area contributed by atoms with Gasteiger partial charge in [-0.15, -0.1) is 0 Å². The summed E-state index contributed by atoms with van der Waals surface area (Å²) in [5.74, 6) is 0.780. The van der Waals surface area contributed by atoms with Crippen LogP contribution in [-0.2, 0) is 9.53 Å². The van der Waals surface area contributed by atoms with Crippen LogP contribution in [0, 0.1) is 5.92 Å². The lowest BCUT2D eigenvalue weighted by atomic mass is 9.94. The zero-order valence-corrected chi connectivity index (χ0v) is 19.5. The molecule has 0 aliphatic heterocycles. The van der Waals surface area contributed by atoms with Gasteiger partial charge in [-0.3, -0.25) is 4.79 Å². The van der Waals surface area contributed by atoms with Gasteiger partial charge >= 0.3 is 0 Å². The lowest BCUT2D eigenvalue weighted by molar-refractivity contribution is -0.119. The summed E-state index contributed by atoms with van der Waals surface area (Å²) in [7, 11) is 0. The molecule has 0 bridgehead atoms. The number of hydrogen-bond acceptors (Lipinski definition) is 2. The van der Waals surface area contributed by atoms with Gasteiger partial charge in [0.15, 0.2) is 0 Å². The predicted molar refractivity (Wildman–Crippen MR) is 123 cm³/mol. The van der Waals surface area contributed by atoms with E-state index < -0.39 is 0 Å². The molecular weight excluding hydrogens is 346 g/mol. The smallest absolute Gasteiger partial charge is 0.216 e. The van der Waals surface area contributed by atoms with Crippen LogP contribution >= 0.6 is 0 Å². The average molecular weight is 398 g/mol. The number of hydrogen-bond donors (Lipinski definition) is 1. The lowest BCUT2D eigenvalue weighted by Gasteiger charge is -2.17. The van der Waals surface area contributed by atoms with Crippen molar-refractivity contribution in [2.24, 2.45) is 5.92 Å². The summed E-state index contributed by atoms with van der Waals surface area (Å²) in [6.45, 7) is 8.54. The summed E-state index contributed by atoms with van der Waals surface area (Å²) in [6.07, 6.45) is 23.0. The maximum Gasteiger partial charge on any atom is 0.216 e. The molecule has 3 heteroatoms. The molecule has 0 aromatic carbocycles. The molecule has 1 N–H and O–H groups in total. The number of unbranched alkanes of at least 4 members (excludes halogenated alkanes) is 12. The first-order valence-electron chi connectivity index (χ1n) is 12.5. The van der Waals surface area contributed by atoms with Crippen molar-refractivity contribution < 1.29 is 9.53 Å². The molecule has 0 radical (unpaired) electrons. The largest absolute Gasteiger partial charge is 0.381 e. The first-order valence-corrected chi connectivity index (χ1v) is 12.5. The van der Waals surface area contributed by atoms with E-state index in [1.807, 2.05) is 0 Å². The van der Waals surface area contributed by atoms with Crippen molar-refractivity contribution in [2.75, 3.05) is 19.8 Å².